The summed E-state index contributed by atoms with van der Waals surface area (Å²) >= 11 is 0. The number of nitrogens with one attached hydrogen (secondary N) is 1. The third kappa shape index (κ3) is 5.37. The molecule has 3 aliphatic rings. The van der Waals surface area contributed by atoms with E-state index in [-0.39, 0.29) is 23.7 Å². The molecule has 3 N–H and O–H groups in total. The summed E-state index contributed by atoms with van der Waals surface area (Å²) in [5.41, 5.74) is 10.9. The van der Waals surface area contributed by atoms with E-state index in [1.54, 1.807) is 6.33 Å². The summed E-state index contributed by atoms with van der Waals surface area (Å²) in [4.78, 5) is 24.1. The number of imidazole rings is 2. The number of ether oxygens (including phenoxy) is 3. The molecule has 44 heavy (non-hydrogen) atoms. The number of aromatic nitrogens is 6. The molecule has 4 atom stereocenters. The van der Waals surface area contributed by atoms with E-state index in [2.05, 4.69) is 77.7 Å². The number of aryl methyl sites for hydroxylation is 1. The molecule has 3 aromatic heterocycles. The van der Waals surface area contributed by atoms with Crippen LogP contribution in [0.4, 0.5) is 5.82 Å². The van der Waals surface area contributed by atoms with Gasteiger partial charge in [-0.15, -0.1) is 0 Å². The van der Waals surface area contributed by atoms with Gasteiger partial charge in [-0.2, -0.15) is 0 Å². The summed E-state index contributed by atoms with van der Waals surface area (Å²) in [5.74, 6) is 1.43. The second-order valence-electron chi connectivity index (χ2n) is 14.7. The molecule has 0 radical (unpaired) electrons. The number of benzene rings is 1. The largest absolute Gasteiger partial charge is 0.382 e. The minimum absolute atomic E-state index is 0.117. The SMILES string of the molecule is CC(C)N(C[C@H]1OC(n2cnc3c(N)ncnc32)[C@@H]2OC(C)(C)O[C@H]12)C1CC(CCc2nc3cc(C(C)(C)C)ccc3[nH]2)C1. The van der Waals surface area contributed by atoms with Gasteiger partial charge in [0.15, 0.2) is 23.5 Å². The van der Waals surface area contributed by atoms with Crippen LogP contribution in [0.3, 0.4) is 0 Å². The molecule has 11 nitrogen and oxygen atoms in total. The summed E-state index contributed by atoms with van der Waals surface area (Å²) in [6, 6.07) is 7.51. The molecule has 1 aliphatic carbocycles. The van der Waals surface area contributed by atoms with Gasteiger partial charge < -0.3 is 24.9 Å². The van der Waals surface area contributed by atoms with Gasteiger partial charge in [0, 0.05) is 25.0 Å². The van der Waals surface area contributed by atoms with Crippen molar-refractivity contribution in [1.82, 2.24) is 34.4 Å². The maximum Gasteiger partial charge on any atom is 0.167 e. The molecule has 0 bridgehead atoms. The smallest absolute Gasteiger partial charge is 0.167 e. The van der Waals surface area contributed by atoms with E-state index in [1.165, 1.54) is 24.7 Å². The molecule has 5 heterocycles. The molecule has 1 aromatic carbocycles. The van der Waals surface area contributed by atoms with Crippen molar-refractivity contribution in [3.8, 4) is 0 Å². The van der Waals surface area contributed by atoms with Crippen LogP contribution in [0.1, 0.15) is 85.3 Å². The van der Waals surface area contributed by atoms with Gasteiger partial charge in [-0.3, -0.25) is 9.47 Å². The zero-order valence-electron chi connectivity index (χ0n) is 26.9. The molecule has 0 amide bonds. The highest BCUT2D eigenvalue weighted by atomic mass is 16.8. The van der Waals surface area contributed by atoms with E-state index in [0.29, 0.717) is 35.0 Å². The Morgan fingerprint density at radius 1 is 1.11 bits per heavy atom. The van der Waals surface area contributed by atoms with Crippen molar-refractivity contribution in [1.29, 1.82) is 0 Å². The maximum atomic E-state index is 6.72. The molecule has 11 heteroatoms. The van der Waals surface area contributed by atoms with Crippen LogP contribution in [0.5, 0.6) is 0 Å². The number of fused-ring (bicyclic) bond motifs is 3. The number of aromatic amines is 1. The highest BCUT2D eigenvalue weighted by molar-refractivity contribution is 5.81. The Balaban J connectivity index is 1.00. The Kier molecular flexibility index (Phi) is 7.23. The quantitative estimate of drug-likeness (QED) is 0.282. The Morgan fingerprint density at radius 2 is 1.89 bits per heavy atom. The number of nitrogen functional groups attached to an aromatic ring is 1. The summed E-state index contributed by atoms with van der Waals surface area (Å²) < 4.78 is 21.5. The topological polar surface area (TPSA) is 129 Å². The van der Waals surface area contributed by atoms with Gasteiger partial charge in [-0.25, -0.2) is 19.9 Å². The highest BCUT2D eigenvalue weighted by Gasteiger charge is 2.57. The van der Waals surface area contributed by atoms with Gasteiger partial charge in [0.1, 0.15) is 36.0 Å². The van der Waals surface area contributed by atoms with Crippen molar-refractivity contribution < 1.29 is 14.2 Å². The summed E-state index contributed by atoms with van der Waals surface area (Å²) in [6.45, 7) is 16.0. The first-order valence-corrected chi connectivity index (χ1v) is 16.1. The summed E-state index contributed by atoms with van der Waals surface area (Å²) in [5, 5.41) is 0. The highest BCUT2D eigenvalue weighted by Crippen LogP contribution is 2.45. The van der Waals surface area contributed by atoms with Crippen molar-refractivity contribution in [2.45, 2.75) is 122 Å². The van der Waals surface area contributed by atoms with Gasteiger partial charge in [-0.1, -0.05) is 26.8 Å². The Bertz CT molecular complexity index is 1650. The molecule has 1 unspecified atom stereocenters. The molecule has 3 fully saturated rings. The van der Waals surface area contributed by atoms with Gasteiger partial charge in [0.2, 0.25) is 0 Å². The number of anilines is 1. The lowest BCUT2D eigenvalue weighted by Crippen LogP contribution is -2.52. The van der Waals surface area contributed by atoms with Crippen LogP contribution in [0, 0.1) is 5.92 Å². The molecule has 7 rings (SSSR count). The van der Waals surface area contributed by atoms with Crippen LogP contribution in [0.15, 0.2) is 30.9 Å². The number of hydrogen-bond acceptors (Lipinski definition) is 9. The summed E-state index contributed by atoms with van der Waals surface area (Å²) in [7, 11) is 0. The normalized spacial score (nSPS) is 28.4. The van der Waals surface area contributed by atoms with Crippen LogP contribution in [0.25, 0.3) is 22.2 Å². The van der Waals surface area contributed by atoms with Gasteiger partial charge in [0.05, 0.1) is 17.4 Å². The average Bonchev–Trinajstić information content (AvgIpc) is 3.68. The van der Waals surface area contributed by atoms with Crippen molar-refractivity contribution >= 4 is 28.0 Å². The van der Waals surface area contributed by atoms with E-state index in [0.717, 1.165) is 36.2 Å². The maximum absolute atomic E-state index is 6.72. The number of nitrogens with zero attached hydrogens (tertiary/aromatic N) is 6. The molecule has 1 saturated carbocycles. The number of rotatable bonds is 8. The van der Waals surface area contributed by atoms with E-state index in [1.807, 2.05) is 18.4 Å². The lowest BCUT2D eigenvalue weighted by atomic mass is 9.76. The van der Waals surface area contributed by atoms with Crippen LogP contribution in [-0.4, -0.2) is 77.1 Å². The monoisotopic (exact) mass is 602 g/mol. The third-order valence-corrected chi connectivity index (χ3v) is 9.71. The Labute approximate surface area is 258 Å². The van der Waals surface area contributed by atoms with E-state index >= 15 is 0 Å². The van der Waals surface area contributed by atoms with Gasteiger partial charge in [-0.05, 0) is 76.0 Å². The minimum Gasteiger partial charge on any atom is -0.382 e. The zero-order chi connectivity index (χ0) is 31.0. The van der Waals surface area contributed by atoms with Crippen LogP contribution in [-0.2, 0) is 26.0 Å². The molecular weight excluding hydrogens is 556 g/mol. The lowest BCUT2D eigenvalue weighted by molar-refractivity contribution is -0.199. The third-order valence-electron chi connectivity index (χ3n) is 9.71. The fourth-order valence-electron chi connectivity index (χ4n) is 7.27. The van der Waals surface area contributed by atoms with E-state index < -0.39 is 12.0 Å². The fraction of sp³-hybridized carbons (Fsp3) is 0.636. The molecule has 2 aliphatic heterocycles. The predicted molar refractivity (Wildman–Crippen MR) is 169 cm³/mol. The standard InChI is InChI=1S/C33H46N8O3/c1-18(2)40(21-12-19(13-21)8-11-25-38-22-10-9-20(32(3,4)5)14-23(22)39-25)15-24-27-28(44-33(6,7)43-27)31(42-24)41-17-37-26-29(34)35-16-36-30(26)41/h9-10,14,16-19,21,24,27-28,31H,8,11-13,15H2,1-7H3,(H,38,39)(H2,34,35,36)/t19?,21?,24-,27-,28-,31?/m1/s1. The first-order chi connectivity index (χ1) is 20.9. The van der Waals surface area contributed by atoms with E-state index in [9.17, 15) is 0 Å². The number of hydrogen-bond donors (Lipinski definition) is 2. The van der Waals surface area contributed by atoms with Crippen molar-refractivity contribution in [2.75, 3.05) is 12.3 Å². The molecule has 236 valence electrons. The van der Waals surface area contributed by atoms with Crippen LogP contribution in [0.2, 0.25) is 0 Å². The van der Waals surface area contributed by atoms with Crippen LogP contribution >= 0.6 is 0 Å². The molecule has 2 saturated heterocycles. The second kappa shape index (κ2) is 10.8. The first kappa shape index (κ1) is 29.6. The molecular formula is C33H46N8O3. The Hall–Kier alpha value is -3.12. The summed E-state index contributed by atoms with van der Waals surface area (Å²) in [6.07, 6.45) is 6.61. The van der Waals surface area contributed by atoms with Crippen LogP contribution < -0.4 is 5.73 Å². The zero-order valence-corrected chi connectivity index (χ0v) is 26.9. The van der Waals surface area contributed by atoms with Crippen molar-refractivity contribution in [3.05, 3.63) is 42.2 Å². The van der Waals surface area contributed by atoms with Crippen molar-refractivity contribution in [2.24, 2.45) is 5.92 Å². The Morgan fingerprint density at radius 3 is 2.64 bits per heavy atom. The van der Waals surface area contributed by atoms with Gasteiger partial charge in [0.25, 0.3) is 0 Å². The van der Waals surface area contributed by atoms with Gasteiger partial charge >= 0.3 is 0 Å². The second-order valence-corrected chi connectivity index (χ2v) is 14.7. The molecule has 4 aromatic rings. The minimum atomic E-state index is -0.699. The predicted octanol–water partition coefficient (Wildman–Crippen LogP) is 5.12. The van der Waals surface area contributed by atoms with E-state index in [4.69, 9.17) is 24.9 Å². The number of nitrogens with two attached hydrogens (primary N) is 1. The lowest BCUT2D eigenvalue weighted by Gasteiger charge is -2.46. The number of H-pyrrole nitrogens is 1. The fourth-order valence-corrected chi connectivity index (χ4v) is 7.27. The van der Waals surface area contributed by atoms with Crippen molar-refractivity contribution in [3.63, 3.8) is 0 Å². The molecule has 0 spiro atoms. The average molecular weight is 603 g/mol. The first-order valence-electron chi connectivity index (χ1n) is 16.1.